The maximum absolute atomic E-state index is 13.7. The first-order valence-corrected chi connectivity index (χ1v) is 9.49. The normalized spacial score (nSPS) is 10.6. The second-order valence-electron chi connectivity index (χ2n) is 6.35. The predicted octanol–water partition coefficient (Wildman–Crippen LogP) is 4.37. The number of ether oxygens (including phenoxy) is 1. The first-order valence-electron chi connectivity index (χ1n) is 8.61. The lowest BCUT2D eigenvalue weighted by Gasteiger charge is -2.17. The molecule has 0 aliphatic rings. The fourth-order valence-corrected chi connectivity index (χ4v) is 3.24. The van der Waals surface area contributed by atoms with E-state index in [0.717, 1.165) is 10.8 Å². The molecule has 1 aromatic heterocycles. The molecule has 0 aliphatic carbocycles. The van der Waals surface area contributed by atoms with Crippen LogP contribution in [0.15, 0.2) is 53.9 Å². The molecule has 0 radical (unpaired) electrons. The lowest BCUT2D eigenvalue weighted by atomic mass is 10.2. The number of aryl methyl sites for hydroxylation is 1. The number of thiazole rings is 1. The summed E-state index contributed by atoms with van der Waals surface area (Å²) in [6.07, 6.45) is 0.186. The molecule has 0 spiro atoms. The van der Waals surface area contributed by atoms with Crippen LogP contribution in [-0.4, -0.2) is 22.8 Å². The zero-order valence-corrected chi connectivity index (χ0v) is 16.1. The molecule has 0 saturated heterocycles. The van der Waals surface area contributed by atoms with Crippen LogP contribution < -0.4 is 4.74 Å². The van der Waals surface area contributed by atoms with Gasteiger partial charge < -0.3 is 9.64 Å². The lowest BCUT2D eigenvalue weighted by molar-refractivity contribution is -0.129. The molecule has 0 saturated carbocycles. The Morgan fingerprint density at radius 2 is 1.93 bits per heavy atom. The number of carbonyl (C=O) groups excluding carboxylic acids is 1. The van der Waals surface area contributed by atoms with Gasteiger partial charge in [-0.3, -0.25) is 4.79 Å². The Balaban J connectivity index is 1.52. The van der Waals surface area contributed by atoms with E-state index < -0.39 is 0 Å². The highest BCUT2D eigenvalue weighted by Crippen LogP contribution is 2.17. The summed E-state index contributed by atoms with van der Waals surface area (Å²) >= 11 is 1.47. The van der Waals surface area contributed by atoms with E-state index in [9.17, 15) is 9.18 Å². The Kier molecular flexibility index (Phi) is 6.19. The van der Waals surface area contributed by atoms with E-state index in [1.54, 1.807) is 25.2 Å². The number of halogens is 1. The molecule has 4 nitrogen and oxygen atoms in total. The van der Waals surface area contributed by atoms with Crippen LogP contribution in [-0.2, 0) is 24.4 Å². The molecular formula is C21H21FN2O2S. The van der Waals surface area contributed by atoms with Gasteiger partial charge in [-0.05, 0) is 25.1 Å². The summed E-state index contributed by atoms with van der Waals surface area (Å²) in [5.74, 6) is 0.383. The summed E-state index contributed by atoms with van der Waals surface area (Å²) in [7, 11) is 1.67. The topological polar surface area (TPSA) is 42.4 Å². The minimum Gasteiger partial charge on any atom is -0.486 e. The third-order valence-electron chi connectivity index (χ3n) is 4.11. The number of nitrogens with zero attached hydrogens (tertiary/aromatic N) is 2. The van der Waals surface area contributed by atoms with Crippen molar-refractivity contribution in [3.63, 3.8) is 0 Å². The molecule has 1 heterocycles. The van der Waals surface area contributed by atoms with E-state index in [-0.39, 0.29) is 24.7 Å². The van der Waals surface area contributed by atoms with Crippen LogP contribution in [0.1, 0.15) is 21.8 Å². The largest absolute Gasteiger partial charge is 0.486 e. The Hall–Kier alpha value is -2.73. The average molecular weight is 384 g/mol. The number of hydrogen-bond donors (Lipinski definition) is 0. The summed E-state index contributed by atoms with van der Waals surface area (Å²) in [5.41, 5.74) is 2.38. The van der Waals surface area contributed by atoms with E-state index in [2.05, 4.69) is 4.98 Å². The number of amides is 1. The minimum absolute atomic E-state index is 0.102. The predicted molar refractivity (Wildman–Crippen MR) is 104 cm³/mol. The quantitative estimate of drug-likeness (QED) is 0.607. The van der Waals surface area contributed by atoms with Crippen LogP contribution in [0, 0.1) is 12.7 Å². The first-order chi connectivity index (χ1) is 13.0. The number of benzene rings is 2. The zero-order valence-electron chi connectivity index (χ0n) is 15.3. The SMILES string of the molecule is Cc1ccc(OCc2nc(CC(=O)N(C)Cc3ccccc3F)cs2)cc1. The fraction of sp³-hybridized carbons (Fsp3) is 0.238. The highest BCUT2D eigenvalue weighted by atomic mass is 32.1. The molecule has 0 N–H and O–H groups in total. The van der Waals surface area contributed by atoms with Crippen molar-refractivity contribution in [2.24, 2.45) is 0 Å². The van der Waals surface area contributed by atoms with Gasteiger partial charge in [-0.15, -0.1) is 11.3 Å². The van der Waals surface area contributed by atoms with Gasteiger partial charge in [-0.1, -0.05) is 35.9 Å². The van der Waals surface area contributed by atoms with Crippen molar-refractivity contribution in [2.75, 3.05) is 7.05 Å². The lowest BCUT2D eigenvalue weighted by Crippen LogP contribution is -2.28. The molecule has 0 bridgehead atoms. The van der Waals surface area contributed by atoms with E-state index in [4.69, 9.17) is 4.74 Å². The molecule has 1 amide bonds. The van der Waals surface area contributed by atoms with Gasteiger partial charge in [0.2, 0.25) is 5.91 Å². The van der Waals surface area contributed by atoms with E-state index >= 15 is 0 Å². The van der Waals surface area contributed by atoms with Gasteiger partial charge in [0.25, 0.3) is 0 Å². The molecule has 2 aromatic carbocycles. The van der Waals surface area contributed by atoms with Crippen molar-refractivity contribution in [2.45, 2.75) is 26.5 Å². The van der Waals surface area contributed by atoms with E-state index in [1.165, 1.54) is 27.9 Å². The van der Waals surface area contributed by atoms with Crippen LogP contribution in [0.3, 0.4) is 0 Å². The third-order valence-corrected chi connectivity index (χ3v) is 4.98. The van der Waals surface area contributed by atoms with E-state index in [0.29, 0.717) is 17.9 Å². The van der Waals surface area contributed by atoms with Gasteiger partial charge >= 0.3 is 0 Å². The Labute approximate surface area is 162 Å². The van der Waals surface area contributed by atoms with Gasteiger partial charge in [0.05, 0.1) is 12.1 Å². The first kappa shape index (κ1) is 19.0. The molecule has 0 atom stereocenters. The summed E-state index contributed by atoms with van der Waals surface area (Å²) in [6.45, 7) is 2.63. The molecule has 6 heteroatoms. The van der Waals surface area contributed by atoms with Crippen LogP contribution >= 0.6 is 11.3 Å². The molecule has 140 valence electrons. The monoisotopic (exact) mass is 384 g/mol. The van der Waals surface area contributed by atoms with Crippen LogP contribution in [0.4, 0.5) is 4.39 Å². The van der Waals surface area contributed by atoms with Crippen molar-refractivity contribution < 1.29 is 13.9 Å². The Morgan fingerprint density at radius 3 is 2.67 bits per heavy atom. The molecule has 0 unspecified atom stereocenters. The van der Waals surface area contributed by atoms with Crippen LogP contribution in [0.25, 0.3) is 0 Å². The number of rotatable bonds is 7. The zero-order chi connectivity index (χ0) is 19.2. The van der Waals surface area contributed by atoms with Gasteiger partial charge in [0.15, 0.2) is 0 Å². The van der Waals surface area contributed by atoms with Gasteiger partial charge in [-0.25, -0.2) is 9.37 Å². The van der Waals surface area contributed by atoms with Crippen LogP contribution in [0.2, 0.25) is 0 Å². The van der Waals surface area contributed by atoms with Gasteiger partial charge in [0, 0.05) is 24.5 Å². The number of likely N-dealkylation sites (N-methyl/N-ethyl adjacent to an activating group) is 1. The van der Waals surface area contributed by atoms with E-state index in [1.807, 2.05) is 36.6 Å². The maximum Gasteiger partial charge on any atom is 0.228 e. The summed E-state index contributed by atoms with van der Waals surface area (Å²) in [5, 5.41) is 2.68. The molecule has 0 aliphatic heterocycles. The number of hydrogen-bond acceptors (Lipinski definition) is 4. The third kappa shape index (κ3) is 5.37. The van der Waals surface area contributed by atoms with Crippen molar-refractivity contribution in [1.82, 2.24) is 9.88 Å². The highest BCUT2D eigenvalue weighted by Gasteiger charge is 2.14. The number of aromatic nitrogens is 1. The minimum atomic E-state index is -0.304. The van der Waals surface area contributed by atoms with Crippen molar-refractivity contribution >= 4 is 17.2 Å². The highest BCUT2D eigenvalue weighted by molar-refractivity contribution is 7.09. The van der Waals surface area contributed by atoms with Crippen LogP contribution in [0.5, 0.6) is 5.75 Å². The fourth-order valence-electron chi connectivity index (χ4n) is 2.54. The second kappa shape index (κ2) is 8.77. The average Bonchev–Trinajstić information content (AvgIpc) is 3.10. The Morgan fingerprint density at radius 1 is 1.19 bits per heavy atom. The molecule has 3 rings (SSSR count). The summed E-state index contributed by atoms with van der Waals surface area (Å²) in [4.78, 5) is 18.4. The molecule has 0 fully saturated rings. The van der Waals surface area contributed by atoms with Crippen molar-refractivity contribution in [3.8, 4) is 5.75 Å². The summed E-state index contributed by atoms with van der Waals surface area (Å²) in [6, 6.07) is 14.3. The summed E-state index contributed by atoms with van der Waals surface area (Å²) < 4.78 is 19.4. The van der Waals surface area contributed by atoms with Crippen molar-refractivity contribution in [1.29, 1.82) is 0 Å². The standard InChI is InChI=1S/C21H21FN2O2S/c1-15-7-9-18(10-8-15)26-13-20-23-17(14-27-20)11-21(25)24(2)12-16-5-3-4-6-19(16)22/h3-10,14H,11-13H2,1-2H3. The smallest absolute Gasteiger partial charge is 0.228 e. The molecular weight excluding hydrogens is 363 g/mol. The molecule has 3 aromatic rings. The van der Waals surface area contributed by atoms with Gasteiger partial charge in [0.1, 0.15) is 23.2 Å². The van der Waals surface area contributed by atoms with Gasteiger partial charge in [-0.2, -0.15) is 0 Å². The number of carbonyl (C=O) groups is 1. The Bertz CT molecular complexity index is 909. The second-order valence-corrected chi connectivity index (χ2v) is 7.29. The molecule has 27 heavy (non-hydrogen) atoms. The maximum atomic E-state index is 13.7. The van der Waals surface area contributed by atoms with Crippen molar-refractivity contribution in [3.05, 3.63) is 81.6 Å².